The zero-order valence-electron chi connectivity index (χ0n) is 11.3. The molecule has 0 saturated carbocycles. The number of nitrogens with zero attached hydrogens (tertiary/aromatic N) is 1. The zero-order valence-corrected chi connectivity index (χ0v) is 13.6. The van der Waals surface area contributed by atoms with Gasteiger partial charge in [-0.3, -0.25) is 4.79 Å². The van der Waals surface area contributed by atoms with E-state index in [1.807, 2.05) is 6.07 Å². The maximum Gasteiger partial charge on any atom is 0.251 e. The summed E-state index contributed by atoms with van der Waals surface area (Å²) in [4.78, 5) is 16.0. The number of aryl methyl sites for hydroxylation is 1. The van der Waals surface area contributed by atoms with Crippen LogP contribution in [0.25, 0.3) is 0 Å². The number of aromatic nitrogens is 1. The Bertz CT molecular complexity index is 654. The molecule has 0 saturated heterocycles. The molecule has 2 aromatic rings. The highest BCUT2D eigenvalue weighted by molar-refractivity contribution is 6.35. The summed E-state index contributed by atoms with van der Waals surface area (Å²) < 4.78 is 0. The summed E-state index contributed by atoms with van der Waals surface area (Å²) in [6.45, 7) is 2.26. The monoisotopic (exact) mass is 342 g/mol. The zero-order chi connectivity index (χ0) is 15.4. The molecule has 1 heterocycles. The number of pyridine rings is 1. The number of carbonyl (C=O) groups excluding carboxylic acids is 1. The number of rotatable bonds is 4. The van der Waals surface area contributed by atoms with E-state index in [0.29, 0.717) is 39.4 Å². The third-order valence-electron chi connectivity index (χ3n) is 2.88. The Labute approximate surface area is 138 Å². The molecule has 1 N–H and O–H groups in total. The molecular weight excluding hydrogens is 331 g/mol. The van der Waals surface area contributed by atoms with E-state index in [-0.39, 0.29) is 5.91 Å². The third-order valence-corrected chi connectivity index (χ3v) is 3.66. The number of halogens is 3. The molecule has 1 amide bonds. The van der Waals surface area contributed by atoms with Crippen molar-refractivity contribution < 1.29 is 4.79 Å². The van der Waals surface area contributed by atoms with Crippen molar-refractivity contribution in [2.24, 2.45) is 0 Å². The first-order valence-electron chi connectivity index (χ1n) is 6.32. The Balaban J connectivity index is 1.95. The van der Waals surface area contributed by atoms with Gasteiger partial charge in [-0.2, -0.15) is 0 Å². The van der Waals surface area contributed by atoms with Crippen LogP contribution >= 0.6 is 34.8 Å². The van der Waals surface area contributed by atoms with Crippen molar-refractivity contribution in [3.05, 3.63) is 62.4 Å². The molecule has 21 heavy (non-hydrogen) atoms. The molecule has 1 aromatic heterocycles. The van der Waals surface area contributed by atoms with E-state index in [9.17, 15) is 4.79 Å². The van der Waals surface area contributed by atoms with E-state index in [2.05, 4.69) is 10.3 Å². The molecule has 6 heteroatoms. The van der Waals surface area contributed by atoms with Crippen molar-refractivity contribution in [2.75, 3.05) is 6.54 Å². The molecule has 0 radical (unpaired) electrons. The van der Waals surface area contributed by atoms with Gasteiger partial charge in [0, 0.05) is 27.8 Å². The maximum absolute atomic E-state index is 12.0. The van der Waals surface area contributed by atoms with Crippen molar-refractivity contribution in [2.45, 2.75) is 13.3 Å². The number of carbonyl (C=O) groups is 1. The molecule has 0 atom stereocenters. The summed E-state index contributed by atoms with van der Waals surface area (Å²) in [7, 11) is 0. The van der Waals surface area contributed by atoms with Crippen LogP contribution in [0.2, 0.25) is 15.2 Å². The van der Waals surface area contributed by atoms with Crippen molar-refractivity contribution in [1.82, 2.24) is 10.3 Å². The number of nitrogens with one attached hydrogen (secondary N) is 1. The van der Waals surface area contributed by atoms with Crippen molar-refractivity contribution >= 4 is 40.7 Å². The van der Waals surface area contributed by atoms with Gasteiger partial charge in [0.15, 0.2) is 0 Å². The van der Waals surface area contributed by atoms with Crippen LogP contribution in [0.1, 0.15) is 21.6 Å². The summed E-state index contributed by atoms with van der Waals surface area (Å²) in [5.41, 5.74) is 2.13. The fourth-order valence-corrected chi connectivity index (χ4v) is 2.65. The Hall–Kier alpha value is -1.29. The van der Waals surface area contributed by atoms with Crippen LogP contribution in [0.15, 0.2) is 30.3 Å². The highest BCUT2D eigenvalue weighted by Crippen LogP contribution is 2.21. The van der Waals surface area contributed by atoms with E-state index in [1.165, 1.54) is 0 Å². The van der Waals surface area contributed by atoms with Crippen LogP contribution in [0.3, 0.4) is 0 Å². The second-order valence-corrected chi connectivity index (χ2v) is 5.79. The predicted octanol–water partition coefficient (Wildman–Crippen LogP) is 4.32. The van der Waals surface area contributed by atoms with Crippen LogP contribution in [0.5, 0.6) is 0 Å². The van der Waals surface area contributed by atoms with E-state index < -0.39 is 0 Å². The van der Waals surface area contributed by atoms with Gasteiger partial charge in [0.1, 0.15) is 5.15 Å². The largest absolute Gasteiger partial charge is 0.352 e. The fraction of sp³-hybridized carbons (Fsp3) is 0.200. The molecule has 1 aromatic carbocycles. The minimum absolute atomic E-state index is 0.188. The third kappa shape index (κ3) is 4.60. The molecule has 0 aliphatic rings. The van der Waals surface area contributed by atoms with Crippen LogP contribution in [-0.4, -0.2) is 17.4 Å². The number of hydrogen-bond donors (Lipinski definition) is 1. The van der Waals surface area contributed by atoms with Gasteiger partial charge in [0.05, 0.1) is 0 Å². The smallest absolute Gasteiger partial charge is 0.251 e. The lowest BCUT2D eigenvalue weighted by Gasteiger charge is -2.08. The van der Waals surface area contributed by atoms with Gasteiger partial charge >= 0.3 is 0 Å². The first kappa shape index (κ1) is 16.1. The summed E-state index contributed by atoms with van der Waals surface area (Å²) in [6.07, 6.45) is 0.625. The van der Waals surface area contributed by atoms with E-state index in [1.54, 1.807) is 31.2 Å². The lowest BCUT2D eigenvalue weighted by Crippen LogP contribution is -2.26. The molecule has 0 bridgehead atoms. The fourth-order valence-electron chi connectivity index (χ4n) is 1.90. The molecule has 0 spiro atoms. The SMILES string of the molecule is Cc1cc(C(=O)NCCc2ccc(Cl)cc2Cl)cc(Cl)n1. The standard InChI is InChI=1S/C15H13Cl3N2O/c1-9-6-11(7-14(18)20-9)15(21)19-5-4-10-2-3-12(16)8-13(10)17/h2-3,6-8H,4-5H2,1H3,(H,19,21). The van der Waals surface area contributed by atoms with E-state index in [4.69, 9.17) is 34.8 Å². The van der Waals surface area contributed by atoms with Crippen LogP contribution in [0, 0.1) is 6.92 Å². The lowest BCUT2D eigenvalue weighted by molar-refractivity contribution is 0.0954. The number of hydrogen-bond acceptors (Lipinski definition) is 2. The van der Waals surface area contributed by atoms with Crippen LogP contribution in [0.4, 0.5) is 0 Å². The second-order valence-electron chi connectivity index (χ2n) is 4.56. The van der Waals surface area contributed by atoms with Crippen LogP contribution in [-0.2, 0) is 6.42 Å². The molecule has 0 unspecified atom stereocenters. The summed E-state index contributed by atoms with van der Waals surface area (Å²) in [6, 6.07) is 8.54. The molecule has 0 aliphatic carbocycles. The van der Waals surface area contributed by atoms with E-state index >= 15 is 0 Å². The minimum atomic E-state index is -0.188. The molecule has 0 fully saturated rings. The topological polar surface area (TPSA) is 42.0 Å². The quantitative estimate of drug-likeness (QED) is 0.840. The van der Waals surface area contributed by atoms with Gasteiger partial charge < -0.3 is 5.32 Å². The number of amides is 1. The van der Waals surface area contributed by atoms with Crippen LogP contribution < -0.4 is 5.32 Å². The average Bonchev–Trinajstić information content (AvgIpc) is 2.40. The summed E-state index contributed by atoms with van der Waals surface area (Å²) >= 11 is 17.8. The van der Waals surface area contributed by atoms with Gasteiger partial charge in [-0.1, -0.05) is 40.9 Å². The van der Waals surface area contributed by atoms with Gasteiger partial charge in [-0.05, 0) is 43.2 Å². The van der Waals surface area contributed by atoms with Gasteiger partial charge in [-0.15, -0.1) is 0 Å². The second kappa shape index (κ2) is 7.12. The maximum atomic E-state index is 12.0. The van der Waals surface area contributed by atoms with E-state index in [0.717, 1.165) is 5.56 Å². The van der Waals surface area contributed by atoms with Gasteiger partial charge in [-0.25, -0.2) is 4.98 Å². The summed E-state index contributed by atoms with van der Waals surface area (Å²) in [5.74, 6) is -0.188. The molecule has 2 rings (SSSR count). The molecule has 3 nitrogen and oxygen atoms in total. The normalized spacial score (nSPS) is 10.5. The first-order valence-corrected chi connectivity index (χ1v) is 7.45. The Morgan fingerprint density at radius 1 is 1.19 bits per heavy atom. The summed E-state index contributed by atoms with van der Waals surface area (Å²) in [5, 5.41) is 4.32. The van der Waals surface area contributed by atoms with Crippen molar-refractivity contribution in [3.8, 4) is 0 Å². The van der Waals surface area contributed by atoms with Crippen molar-refractivity contribution in [1.29, 1.82) is 0 Å². The van der Waals surface area contributed by atoms with Gasteiger partial charge in [0.2, 0.25) is 0 Å². The lowest BCUT2D eigenvalue weighted by atomic mass is 10.1. The average molecular weight is 344 g/mol. The number of benzene rings is 1. The highest BCUT2D eigenvalue weighted by Gasteiger charge is 2.08. The first-order chi connectivity index (χ1) is 9.95. The highest BCUT2D eigenvalue weighted by atomic mass is 35.5. The Morgan fingerprint density at radius 2 is 1.95 bits per heavy atom. The predicted molar refractivity (Wildman–Crippen MR) is 86.5 cm³/mol. The van der Waals surface area contributed by atoms with Crippen molar-refractivity contribution in [3.63, 3.8) is 0 Å². The molecule has 110 valence electrons. The Morgan fingerprint density at radius 3 is 2.62 bits per heavy atom. The molecule has 0 aliphatic heterocycles. The molecular formula is C15H13Cl3N2O. The minimum Gasteiger partial charge on any atom is -0.352 e. The van der Waals surface area contributed by atoms with Gasteiger partial charge in [0.25, 0.3) is 5.91 Å². The Kier molecular flexibility index (Phi) is 5.45.